The van der Waals surface area contributed by atoms with Crippen LogP contribution in [0.5, 0.6) is 0 Å². The van der Waals surface area contributed by atoms with E-state index in [2.05, 4.69) is 35.2 Å². The standard InChI is InChI=1S/C23H27NO2/c25-23(24-16-17-26-22-13-7-6-12-21(22)24)20-11-5-4-10-19(20)15-14-18-8-2-1-3-9-18/h1-5,8-11,21-22H,6-7,12-17H2. The lowest BCUT2D eigenvalue weighted by Crippen LogP contribution is -2.54. The first kappa shape index (κ1) is 17.3. The third-order valence-corrected chi connectivity index (χ3v) is 5.77. The zero-order chi connectivity index (χ0) is 17.8. The van der Waals surface area contributed by atoms with Crippen LogP contribution in [-0.4, -0.2) is 36.1 Å². The van der Waals surface area contributed by atoms with E-state index in [9.17, 15) is 4.79 Å². The van der Waals surface area contributed by atoms with Crippen molar-refractivity contribution in [3.8, 4) is 0 Å². The third kappa shape index (κ3) is 3.68. The Bertz CT molecular complexity index is 741. The molecule has 0 N–H and O–H groups in total. The largest absolute Gasteiger partial charge is 0.374 e. The fraction of sp³-hybridized carbons (Fsp3) is 0.435. The quantitative estimate of drug-likeness (QED) is 0.826. The fourth-order valence-corrected chi connectivity index (χ4v) is 4.37. The van der Waals surface area contributed by atoms with E-state index >= 15 is 0 Å². The Hall–Kier alpha value is -2.13. The van der Waals surface area contributed by atoms with Gasteiger partial charge in [-0.15, -0.1) is 0 Å². The lowest BCUT2D eigenvalue weighted by molar-refractivity contribution is -0.0753. The predicted octanol–water partition coefficient (Wildman–Crippen LogP) is 4.26. The van der Waals surface area contributed by atoms with Crippen LogP contribution >= 0.6 is 0 Å². The van der Waals surface area contributed by atoms with Gasteiger partial charge in [0.15, 0.2) is 0 Å². The minimum absolute atomic E-state index is 0.189. The second-order valence-electron chi connectivity index (χ2n) is 7.40. The molecule has 1 heterocycles. The Morgan fingerprint density at radius 3 is 2.62 bits per heavy atom. The topological polar surface area (TPSA) is 29.5 Å². The molecule has 4 rings (SSSR count). The first-order chi connectivity index (χ1) is 12.8. The summed E-state index contributed by atoms with van der Waals surface area (Å²) in [4.78, 5) is 15.4. The van der Waals surface area contributed by atoms with Gasteiger partial charge in [-0.05, 0) is 42.9 Å². The molecule has 0 aromatic heterocycles. The molecule has 1 saturated heterocycles. The molecule has 2 unspecified atom stereocenters. The first-order valence-corrected chi connectivity index (χ1v) is 9.87. The minimum Gasteiger partial charge on any atom is -0.374 e. The molecule has 1 amide bonds. The van der Waals surface area contributed by atoms with Crippen molar-refractivity contribution in [2.75, 3.05) is 13.2 Å². The van der Waals surface area contributed by atoms with Gasteiger partial charge in [0.05, 0.1) is 18.8 Å². The van der Waals surface area contributed by atoms with Gasteiger partial charge in [-0.3, -0.25) is 4.79 Å². The molecule has 3 nitrogen and oxygen atoms in total. The number of benzene rings is 2. The summed E-state index contributed by atoms with van der Waals surface area (Å²) in [6, 6.07) is 18.9. The molecule has 136 valence electrons. The molecule has 1 aliphatic heterocycles. The lowest BCUT2D eigenvalue weighted by Gasteiger charge is -2.44. The van der Waals surface area contributed by atoms with Crippen molar-refractivity contribution in [2.24, 2.45) is 0 Å². The van der Waals surface area contributed by atoms with Gasteiger partial charge in [0.2, 0.25) is 0 Å². The van der Waals surface area contributed by atoms with Crippen LogP contribution in [0, 0.1) is 0 Å². The van der Waals surface area contributed by atoms with E-state index in [4.69, 9.17) is 4.74 Å². The number of fused-ring (bicyclic) bond motifs is 1. The molecule has 0 spiro atoms. The maximum Gasteiger partial charge on any atom is 0.254 e. The molecule has 2 aromatic rings. The van der Waals surface area contributed by atoms with Gasteiger partial charge in [0, 0.05) is 12.1 Å². The maximum absolute atomic E-state index is 13.4. The highest BCUT2D eigenvalue weighted by molar-refractivity contribution is 5.96. The van der Waals surface area contributed by atoms with Crippen LogP contribution in [0.3, 0.4) is 0 Å². The van der Waals surface area contributed by atoms with E-state index < -0.39 is 0 Å². The Balaban J connectivity index is 1.52. The summed E-state index contributed by atoms with van der Waals surface area (Å²) in [6.07, 6.45) is 6.66. The van der Waals surface area contributed by atoms with Crippen LogP contribution in [0.1, 0.15) is 47.2 Å². The van der Waals surface area contributed by atoms with Crippen LogP contribution in [0.2, 0.25) is 0 Å². The van der Waals surface area contributed by atoms with Crippen LogP contribution < -0.4 is 0 Å². The van der Waals surface area contributed by atoms with E-state index in [-0.39, 0.29) is 18.1 Å². The summed E-state index contributed by atoms with van der Waals surface area (Å²) in [6.45, 7) is 1.38. The van der Waals surface area contributed by atoms with Gasteiger partial charge >= 0.3 is 0 Å². The van der Waals surface area contributed by atoms with Crippen LogP contribution in [0.25, 0.3) is 0 Å². The number of ether oxygens (including phenoxy) is 1. The van der Waals surface area contributed by atoms with Crippen molar-refractivity contribution in [1.82, 2.24) is 4.90 Å². The molecular weight excluding hydrogens is 322 g/mol. The number of nitrogens with zero attached hydrogens (tertiary/aromatic N) is 1. The first-order valence-electron chi connectivity index (χ1n) is 9.87. The van der Waals surface area contributed by atoms with Crippen LogP contribution in [-0.2, 0) is 17.6 Å². The van der Waals surface area contributed by atoms with E-state index in [1.54, 1.807) is 0 Å². The summed E-state index contributed by atoms with van der Waals surface area (Å²) in [7, 11) is 0. The van der Waals surface area contributed by atoms with Gasteiger partial charge in [-0.2, -0.15) is 0 Å². The molecule has 2 atom stereocenters. The molecule has 0 radical (unpaired) electrons. The molecule has 0 bridgehead atoms. The average Bonchev–Trinajstić information content (AvgIpc) is 2.72. The Labute approximate surface area is 156 Å². The Kier molecular flexibility index (Phi) is 5.35. The molecule has 2 aromatic carbocycles. The van der Waals surface area contributed by atoms with Gasteiger partial charge in [0.1, 0.15) is 0 Å². The van der Waals surface area contributed by atoms with Crippen molar-refractivity contribution in [3.05, 3.63) is 71.3 Å². The van der Waals surface area contributed by atoms with Crippen molar-refractivity contribution < 1.29 is 9.53 Å². The molecule has 2 aliphatic rings. The van der Waals surface area contributed by atoms with Crippen molar-refractivity contribution in [1.29, 1.82) is 0 Å². The van der Waals surface area contributed by atoms with Gasteiger partial charge in [0.25, 0.3) is 5.91 Å². The lowest BCUT2D eigenvalue weighted by atomic mass is 9.89. The second kappa shape index (κ2) is 8.05. The Morgan fingerprint density at radius 1 is 0.962 bits per heavy atom. The normalized spacial score (nSPS) is 22.7. The Morgan fingerprint density at radius 2 is 1.73 bits per heavy atom. The predicted molar refractivity (Wildman–Crippen MR) is 103 cm³/mol. The number of hydrogen-bond acceptors (Lipinski definition) is 2. The maximum atomic E-state index is 13.4. The summed E-state index contributed by atoms with van der Waals surface area (Å²) >= 11 is 0. The molecule has 26 heavy (non-hydrogen) atoms. The zero-order valence-electron chi connectivity index (χ0n) is 15.3. The summed E-state index contributed by atoms with van der Waals surface area (Å²) in [5.74, 6) is 0.189. The van der Waals surface area contributed by atoms with E-state index in [0.29, 0.717) is 13.2 Å². The molecule has 1 aliphatic carbocycles. The number of rotatable bonds is 4. The highest BCUT2D eigenvalue weighted by Crippen LogP contribution is 2.30. The van der Waals surface area contributed by atoms with Crippen molar-refractivity contribution >= 4 is 5.91 Å². The number of carbonyl (C=O) groups is 1. The fourth-order valence-electron chi connectivity index (χ4n) is 4.37. The second-order valence-corrected chi connectivity index (χ2v) is 7.40. The molecular formula is C23H27NO2. The third-order valence-electron chi connectivity index (χ3n) is 5.77. The zero-order valence-corrected chi connectivity index (χ0v) is 15.3. The van der Waals surface area contributed by atoms with Gasteiger partial charge in [-0.1, -0.05) is 61.4 Å². The van der Waals surface area contributed by atoms with E-state index in [0.717, 1.165) is 36.8 Å². The SMILES string of the molecule is O=C(c1ccccc1CCc1ccccc1)N1CCOC2CCCCC21. The molecule has 2 fully saturated rings. The van der Waals surface area contributed by atoms with Gasteiger partial charge in [-0.25, -0.2) is 0 Å². The van der Waals surface area contributed by atoms with Crippen LogP contribution in [0.15, 0.2) is 54.6 Å². The highest BCUT2D eigenvalue weighted by atomic mass is 16.5. The smallest absolute Gasteiger partial charge is 0.254 e. The van der Waals surface area contributed by atoms with Crippen molar-refractivity contribution in [2.45, 2.75) is 50.7 Å². The van der Waals surface area contributed by atoms with Crippen molar-refractivity contribution in [3.63, 3.8) is 0 Å². The summed E-state index contributed by atoms with van der Waals surface area (Å²) in [5, 5.41) is 0. The van der Waals surface area contributed by atoms with E-state index in [1.165, 1.54) is 18.4 Å². The highest BCUT2D eigenvalue weighted by Gasteiger charge is 2.37. The monoisotopic (exact) mass is 349 g/mol. The number of aryl methyl sites for hydroxylation is 2. The molecule has 1 saturated carbocycles. The number of carbonyl (C=O) groups excluding carboxylic acids is 1. The number of amides is 1. The number of hydrogen-bond donors (Lipinski definition) is 0. The minimum atomic E-state index is 0.189. The number of morpholine rings is 1. The summed E-state index contributed by atoms with van der Waals surface area (Å²) in [5.41, 5.74) is 3.34. The van der Waals surface area contributed by atoms with Crippen LogP contribution in [0.4, 0.5) is 0 Å². The average molecular weight is 349 g/mol. The van der Waals surface area contributed by atoms with Gasteiger partial charge < -0.3 is 9.64 Å². The molecule has 3 heteroatoms. The van der Waals surface area contributed by atoms with E-state index in [1.807, 2.05) is 24.3 Å². The summed E-state index contributed by atoms with van der Waals surface area (Å²) < 4.78 is 5.94.